The van der Waals surface area contributed by atoms with Gasteiger partial charge in [0, 0.05) is 24.8 Å². The zero-order valence-corrected chi connectivity index (χ0v) is 18.8. The molecule has 0 aromatic heterocycles. The second-order valence-electron chi connectivity index (χ2n) is 9.38. The predicted octanol–water partition coefficient (Wildman–Crippen LogP) is 4.29. The molecule has 2 rings (SSSR count). The smallest absolute Gasteiger partial charge is 0.410 e. The summed E-state index contributed by atoms with van der Waals surface area (Å²) in [6.45, 7) is 14.5. The topological polar surface area (TPSA) is 61.9 Å². The Morgan fingerprint density at radius 1 is 1.24 bits per heavy atom. The Kier molecular flexibility index (Phi) is 8.08. The van der Waals surface area contributed by atoms with Crippen molar-refractivity contribution in [1.82, 2.24) is 9.80 Å². The van der Waals surface area contributed by atoms with Crippen LogP contribution in [0.2, 0.25) is 0 Å². The largest absolute Gasteiger partial charge is 0.444 e. The molecule has 162 valence electrons. The predicted molar refractivity (Wildman–Crippen MR) is 117 cm³/mol. The molecule has 1 aliphatic heterocycles. The van der Waals surface area contributed by atoms with E-state index in [1.54, 1.807) is 0 Å². The lowest BCUT2D eigenvalue weighted by Crippen LogP contribution is -2.48. The van der Waals surface area contributed by atoms with Crippen LogP contribution in [-0.4, -0.2) is 59.6 Å². The van der Waals surface area contributed by atoms with Gasteiger partial charge in [-0.2, -0.15) is 0 Å². The zero-order valence-electron chi connectivity index (χ0n) is 18.8. The van der Waals surface area contributed by atoms with Gasteiger partial charge >= 0.3 is 6.09 Å². The molecule has 0 saturated carbocycles. The number of ether oxygens (including phenoxy) is 1. The average Bonchev–Trinajstić information content (AvgIpc) is 2.60. The minimum atomic E-state index is -0.503. The summed E-state index contributed by atoms with van der Waals surface area (Å²) in [6, 6.07) is 7.90. The van der Waals surface area contributed by atoms with Crippen molar-refractivity contribution in [1.29, 1.82) is 0 Å². The molecule has 1 unspecified atom stereocenters. The number of rotatable bonds is 6. The second-order valence-corrected chi connectivity index (χ2v) is 9.38. The Balaban J connectivity index is 1.89. The van der Waals surface area contributed by atoms with Crippen LogP contribution in [0.3, 0.4) is 0 Å². The van der Waals surface area contributed by atoms with Crippen molar-refractivity contribution >= 4 is 17.7 Å². The van der Waals surface area contributed by atoms with Crippen molar-refractivity contribution in [2.75, 3.05) is 31.5 Å². The van der Waals surface area contributed by atoms with Gasteiger partial charge in [0.05, 0.1) is 6.54 Å². The molecular weight excluding hydrogens is 366 g/mol. The number of piperidine rings is 1. The van der Waals surface area contributed by atoms with Gasteiger partial charge in [-0.15, -0.1) is 0 Å². The number of amides is 2. The molecule has 0 radical (unpaired) electrons. The lowest BCUT2D eigenvalue weighted by Gasteiger charge is -2.37. The van der Waals surface area contributed by atoms with Crippen LogP contribution in [0.4, 0.5) is 10.5 Å². The molecule has 6 nitrogen and oxygen atoms in total. The number of hydrogen-bond acceptors (Lipinski definition) is 4. The number of hydrogen-bond donors (Lipinski definition) is 1. The van der Waals surface area contributed by atoms with Crippen LogP contribution >= 0.6 is 0 Å². The van der Waals surface area contributed by atoms with E-state index in [0.29, 0.717) is 19.0 Å². The van der Waals surface area contributed by atoms with E-state index >= 15 is 0 Å². The van der Waals surface area contributed by atoms with Gasteiger partial charge in [0.2, 0.25) is 5.91 Å². The van der Waals surface area contributed by atoms with Gasteiger partial charge in [-0.05, 0) is 79.0 Å². The third-order valence-electron chi connectivity index (χ3n) is 5.01. The summed E-state index contributed by atoms with van der Waals surface area (Å²) >= 11 is 0. The highest BCUT2D eigenvalue weighted by Crippen LogP contribution is 2.21. The molecule has 1 aliphatic rings. The van der Waals surface area contributed by atoms with E-state index in [2.05, 4.69) is 10.2 Å². The highest BCUT2D eigenvalue weighted by molar-refractivity contribution is 5.92. The van der Waals surface area contributed by atoms with Crippen LogP contribution in [0, 0.1) is 12.8 Å². The third-order valence-corrected chi connectivity index (χ3v) is 5.01. The minimum Gasteiger partial charge on any atom is -0.444 e. The number of nitrogens with zero attached hydrogens (tertiary/aromatic N) is 2. The van der Waals surface area contributed by atoms with Crippen molar-refractivity contribution in [3.05, 3.63) is 29.8 Å². The number of nitrogens with one attached hydrogen (secondary N) is 1. The Morgan fingerprint density at radius 3 is 2.48 bits per heavy atom. The van der Waals surface area contributed by atoms with E-state index in [-0.39, 0.29) is 18.0 Å². The molecule has 1 aromatic rings. The zero-order chi connectivity index (χ0) is 21.6. The molecule has 1 fully saturated rings. The number of anilines is 1. The van der Waals surface area contributed by atoms with Crippen LogP contribution in [0.25, 0.3) is 0 Å². The molecular formula is C23H37N3O3. The summed E-state index contributed by atoms with van der Waals surface area (Å²) in [4.78, 5) is 29.0. The van der Waals surface area contributed by atoms with Gasteiger partial charge in [-0.1, -0.05) is 17.7 Å². The van der Waals surface area contributed by atoms with E-state index in [9.17, 15) is 9.59 Å². The van der Waals surface area contributed by atoms with E-state index in [1.807, 2.05) is 70.7 Å². The Bertz CT molecular complexity index is 680. The summed E-state index contributed by atoms with van der Waals surface area (Å²) in [7, 11) is 0. The van der Waals surface area contributed by atoms with E-state index in [0.717, 1.165) is 31.6 Å². The maximum absolute atomic E-state index is 12.6. The lowest BCUT2D eigenvalue weighted by atomic mass is 9.97. The summed E-state index contributed by atoms with van der Waals surface area (Å²) in [5, 5.41) is 2.97. The highest BCUT2D eigenvalue weighted by atomic mass is 16.6. The van der Waals surface area contributed by atoms with Gasteiger partial charge in [0.15, 0.2) is 0 Å². The maximum Gasteiger partial charge on any atom is 0.410 e. The first-order valence-electron chi connectivity index (χ1n) is 10.6. The SMILES string of the molecule is Cc1ccc(NC(=O)CN2CCCC(CN(C(=O)OC(C)(C)C)C(C)C)C2)cc1. The lowest BCUT2D eigenvalue weighted by molar-refractivity contribution is -0.117. The highest BCUT2D eigenvalue weighted by Gasteiger charge is 2.29. The molecule has 6 heteroatoms. The van der Waals surface area contributed by atoms with Crippen molar-refractivity contribution in [3.63, 3.8) is 0 Å². The van der Waals surface area contributed by atoms with Gasteiger partial charge in [0.25, 0.3) is 0 Å². The summed E-state index contributed by atoms with van der Waals surface area (Å²) < 4.78 is 5.58. The van der Waals surface area contributed by atoms with Crippen molar-refractivity contribution in [3.8, 4) is 0 Å². The van der Waals surface area contributed by atoms with Gasteiger partial charge in [-0.3, -0.25) is 9.69 Å². The Morgan fingerprint density at radius 2 is 1.90 bits per heavy atom. The number of benzene rings is 1. The monoisotopic (exact) mass is 403 g/mol. The first-order chi connectivity index (χ1) is 13.5. The molecule has 0 spiro atoms. The quantitative estimate of drug-likeness (QED) is 0.770. The molecule has 29 heavy (non-hydrogen) atoms. The normalized spacial score (nSPS) is 17.8. The van der Waals surface area contributed by atoms with Gasteiger partial charge < -0.3 is 15.0 Å². The number of likely N-dealkylation sites (tertiary alicyclic amines) is 1. The summed E-state index contributed by atoms with van der Waals surface area (Å²) in [6.07, 6.45) is 1.83. The number of aryl methyl sites for hydroxylation is 1. The van der Waals surface area contributed by atoms with Crippen molar-refractivity contribution < 1.29 is 14.3 Å². The fraction of sp³-hybridized carbons (Fsp3) is 0.652. The molecule has 1 heterocycles. The van der Waals surface area contributed by atoms with Crippen LogP contribution in [0.15, 0.2) is 24.3 Å². The summed E-state index contributed by atoms with van der Waals surface area (Å²) in [5.41, 5.74) is 1.49. The molecule has 1 aromatic carbocycles. The van der Waals surface area contributed by atoms with E-state index < -0.39 is 5.60 Å². The standard InChI is InChI=1S/C23H37N3O3/c1-17(2)26(22(28)29-23(4,5)6)15-19-8-7-13-25(14-19)16-21(27)24-20-11-9-18(3)10-12-20/h9-12,17,19H,7-8,13-16H2,1-6H3,(H,24,27). The van der Waals surface area contributed by atoms with Crippen LogP contribution in [0.5, 0.6) is 0 Å². The van der Waals surface area contributed by atoms with E-state index in [1.165, 1.54) is 5.56 Å². The fourth-order valence-electron chi connectivity index (χ4n) is 3.58. The molecule has 1 saturated heterocycles. The number of carbonyl (C=O) groups is 2. The molecule has 0 bridgehead atoms. The van der Waals surface area contributed by atoms with Gasteiger partial charge in [0.1, 0.15) is 5.60 Å². The van der Waals surface area contributed by atoms with E-state index in [4.69, 9.17) is 4.74 Å². The summed E-state index contributed by atoms with van der Waals surface area (Å²) in [5.74, 6) is 0.341. The van der Waals surface area contributed by atoms with Gasteiger partial charge in [-0.25, -0.2) is 4.79 Å². The molecule has 1 N–H and O–H groups in total. The van der Waals surface area contributed by atoms with Crippen molar-refractivity contribution in [2.45, 2.75) is 66.0 Å². The third kappa shape index (κ3) is 8.05. The minimum absolute atomic E-state index is 0.00219. The first-order valence-corrected chi connectivity index (χ1v) is 10.6. The number of carbonyl (C=O) groups excluding carboxylic acids is 2. The molecule has 1 atom stereocenters. The first kappa shape index (κ1) is 23.2. The Hall–Kier alpha value is -2.08. The molecule has 0 aliphatic carbocycles. The molecule has 2 amide bonds. The van der Waals surface area contributed by atoms with Crippen LogP contribution in [0.1, 0.15) is 53.0 Å². The van der Waals surface area contributed by atoms with Crippen LogP contribution in [-0.2, 0) is 9.53 Å². The van der Waals surface area contributed by atoms with Crippen molar-refractivity contribution in [2.24, 2.45) is 5.92 Å². The second kappa shape index (κ2) is 10.1. The Labute approximate surface area is 175 Å². The van der Waals surface area contributed by atoms with Crippen LogP contribution < -0.4 is 5.32 Å². The maximum atomic E-state index is 12.6. The fourth-order valence-corrected chi connectivity index (χ4v) is 3.58. The average molecular weight is 404 g/mol.